The summed E-state index contributed by atoms with van der Waals surface area (Å²) in [5, 5.41) is 14.9. The van der Waals surface area contributed by atoms with E-state index in [0.717, 1.165) is 12.8 Å². The number of nitrogens with two attached hydrogens (primary N) is 1. The minimum Gasteiger partial charge on any atom is -0.476 e. The number of nitriles is 1. The number of ether oxygens (including phenoxy) is 1. The fourth-order valence-electron chi connectivity index (χ4n) is 3.93. The molecule has 2 aromatic carbocycles. The first kappa shape index (κ1) is 21.9. The Labute approximate surface area is 186 Å². The molecule has 8 heteroatoms. The van der Waals surface area contributed by atoms with Gasteiger partial charge in [-0.15, -0.1) is 0 Å². The normalized spacial score (nSPS) is 14.3. The molecule has 1 aliphatic rings. The lowest BCUT2D eigenvalue weighted by Crippen LogP contribution is -2.12. The van der Waals surface area contributed by atoms with Gasteiger partial charge in [0.05, 0.1) is 17.2 Å². The van der Waals surface area contributed by atoms with E-state index in [4.69, 9.17) is 9.88 Å². The van der Waals surface area contributed by atoms with Gasteiger partial charge < -0.3 is 4.74 Å². The monoisotopic (exact) mass is 451 g/mol. The largest absolute Gasteiger partial charge is 0.476 e. The number of halogens is 1. The molecule has 0 bridgehead atoms. The predicted octanol–water partition coefficient (Wildman–Crippen LogP) is 4.64. The Balaban J connectivity index is 1.80. The van der Waals surface area contributed by atoms with Crippen LogP contribution in [0.25, 0.3) is 22.4 Å². The highest BCUT2D eigenvalue weighted by Gasteiger charge is 2.20. The molecule has 0 unspecified atom stereocenters. The molecule has 0 aliphatic heterocycles. The van der Waals surface area contributed by atoms with E-state index < -0.39 is 10.0 Å². The lowest BCUT2D eigenvalue weighted by atomic mass is 9.98. The molecular formula is C24H22FN3O3S. The maximum absolute atomic E-state index is 13.5. The highest BCUT2D eigenvalue weighted by Crippen LogP contribution is 2.35. The van der Waals surface area contributed by atoms with Crippen LogP contribution >= 0.6 is 0 Å². The zero-order valence-corrected chi connectivity index (χ0v) is 18.1. The smallest absolute Gasteiger partial charge is 0.238 e. The Morgan fingerprint density at radius 3 is 2.28 bits per heavy atom. The van der Waals surface area contributed by atoms with Gasteiger partial charge in [0, 0.05) is 11.1 Å². The van der Waals surface area contributed by atoms with Crippen LogP contribution in [-0.2, 0) is 10.0 Å². The number of hydrogen-bond donors (Lipinski definition) is 1. The second-order valence-corrected chi connectivity index (χ2v) is 9.45. The van der Waals surface area contributed by atoms with Crippen LogP contribution in [0.5, 0.6) is 5.88 Å². The molecule has 0 radical (unpaired) electrons. The lowest BCUT2D eigenvalue weighted by Gasteiger charge is -2.16. The third-order valence-electron chi connectivity index (χ3n) is 5.65. The molecule has 0 atom stereocenters. The van der Waals surface area contributed by atoms with Crippen LogP contribution in [0.15, 0.2) is 59.5 Å². The molecule has 1 saturated carbocycles. The van der Waals surface area contributed by atoms with Crippen molar-refractivity contribution in [1.82, 2.24) is 4.98 Å². The zero-order chi connectivity index (χ0) is 22.7. The summed E-state index contributed by atoms with van der Waals surface area (Å²) in [6.45, 7) is 0.493. The van der Waals surface area contributed by atoms with Crippen LogP contribution in [-0.4, -0.2) is 20.0 Å². The predicted molar refractivity (Wildman–Crippen MR) is 119 cm³/mol. The molecule has 1 heterocycles. The highest BCUT2D eigenvalue weighted by atomic mass is 32.2. The number of aromatic nitrogens is 1. The van der Waals surface area contributed by atoms with Crippen molar-refractivity contribution in [2.75, 3.05) is 6.61 Å². The van der Waals surface area contributed by atoms with Crippen LogP contribution in [0.4, 0.5) is 4.39 Å². The topological polar surface area (TPSA) is 106 Å². The molecule has 164 valence electrons. The summed E-state index contributed by atoms with van der Waals surface area (Å²) in [7, 11) is -3.83. The van der Waals surface area contributed by atoms with E-state index >= 15 is 0 Å². The third-order valence-corrected chi connectivity index (χ3v) is 6.58. The van der Waals surface area contributed by atoms with E-state index in [-0.39, 0.29) is 22.2 Å². The summed E-state index contributed by atoms with van der Waals surface area (Å²) in [6, 6.07) is 15.7. The summed E-state index contributed by atoms with van der Waals surface area (Å²) in [6.07, 6.45) is 4.56. The van der Waals surface area contributed by atoms with E-state index in [2.05, 4.69) is 11.1 Å². The third kappa shape index (κ3) is 4.79. The number of benzene rings is 2. The maximum atomic E-state index is 13.5. The summed E-state index contributed by atoms with van der Waals surface area (Å²) in [5.41, 5.74) is 2.67. The van der Waals surface area contributed by atoms with Gasteiger partial charge in [-0.2, -0.15) is 5.26 Å². The van der Waals surface area contributed by atoms with Crippen molar-refractivity contribution in [3.63, 3.8) is 0 Å². The van der Waals surface area contributed by atoms with Crippen molar-refractivity contribution < 1.29 is 17.5 Å². The average Bonchev–Trinajstić information content (AvgIpc) is 3.31. The molecular weight excluding hydrogens is 429 g/mol. The molecule has 0 saturated heterocycles. The van der Waals surface area contributed by atoms with Gasteiger partial charge in [-0.05, 0) is 66.8 Å². The van der Waals surface area contributed by atoms with Gasteiger partial charge in [-0.1, -0.05) is 25.0 Å². The first-order valence-electron chi connectivity index (χ1n) is 10.3. The first-order chi connectivity index (χ1) is 15.3. The minimum absolute atomic E-state index is 0.0189. The highest BCUT2D eigenvalue weighted by molar-refractivity contribution is 7.89. The quantitative estimate of drug-likeness (QED) is 0.587. The standard InChI is InChI=1S/C24H22FN3O3S/c25-20-9-5-18(6-10-20)23-22(17-7-11-21(12-8-17)32(27,29)30)13-19(14-26)24(28-23)31-15-16-3-1-2-4-16/h5-13,16H,1-4,15H2,(H2,27,29,30). The van der Waals surface area contributed by atoms with E-state index in [1.54, 1.807) is 30.3 Å². The Hall–Kier alpha value is -3.28. The van der Waals surface area contributed by atoms with Crippen LogP contribution in [0.3, 0.4) is 0 Å². The van der Waals surface area contributed by atoms with E-state index in [1.807, 2.05) is 0 Å². The lowest BCUT2D eigenvalue weighted by molar-refractivity contribution is 0.243. The van der Waals surface area contributed by atoms with Gasteiger partial charge in [0.2, 0.25) is 15.9 Å². The molecule has 6 nitrogen and oxygen atoms in total. The molecule has 1 fully saturated rings. The van der Waals surface area contributed by atoms with Crippen molar-refractivity contribution in [1.29, 1.82) is 5.26 Å². The van der Waals surface area contributed by atoms with E-state index in [1.165, 1.54) is 37.1 Å². The van der Waals surface area contributed by atoms with Crippen molar-refractivity contribution in [3.8, 4) is 34.3 Å². The molecule has 3 aromatic rings. The zero-order valence-electron chi connectivity index (χ0n) is 17.3. The molecule has 0 amide bonds. The maximum Gasteiger partial charge on any atom is 0.238 e. The summed E-state index contributed by atoms with van der Waals surface area (Å²) < 4.78 is 42.7. The van der Waals surface area contributed by atoms with Crippen LogP contribution in [0.1, 0.15) is 31.2 Å². The van der Waals surface area contributed by atoms with E-state index in [0.29, 0.717) is 34.9 Å². The molecule has 4 rings (SSSR count). The number of primary sulfonamides is 1. The number of nitrogens with zero attached hydrogens (tertiary/aromatic N) is 2. The summed E-state index contributed by atoms with van der Waals surface area (Å²) >= 11 is 0. The Morgan fingerprint density at radius 2 is 1.69 bits per heavy atom. The van der Waals surface area contributed by atoms with Crippen molar-refractivity contribution >= 4 is 10.0 Å². The average molecular weight is 452 g/mol. The van der Waals surface area contributed by atoms with Crippen molar-refractivity contribution in [2.24, 2.45) is 11.1 Å². The van der Waals surface area contributed by atoms with Crippen LogP contribution in [0, 0.1) is 23.1 Å². The molecule has 0 spiro atoms. The fraction of sp³-hybridized carbons (Fsp3) is 0.250. The van der Waals surface area contributed by atoms with Gasteiger partial charge in [-0.25, -0.2) is 22.9 Å². The first-order valence-corrected chi connectivity index (χ1v) is 11.9. The van der Waals surface area contributed by atoms with Gasteiger partial charge in [0.1, 0.15) is 17.4 Å². The number of sulfonamides is 1. The van der Waals surface area contributed by atoms with Crippen molar-refractivity contribution in [2.45, 2.75) is 30.6 Å². The Kier molecular flexibility index (Phi) is 6.21. The second kappa shape index (κ2) is 9.07. The van der Waals surface area contributed by atoms with Gasteiger partial charge in [-0.3, -0.25) is 0 Å². The molecule has 2 N–H and O–H groups in total. The number of rotatable bonds is 6. The van der Waals surface area contributed by atoms with Crippen LogP contribution < -0.4 is 9.88 Å². The summed E-state index contributed by atoms with van der Waals surface area (Å²) in [4.78, 5) is 4.62. The SMILES string of the molecule is N#Cc1cc(-c2ccc(S(N)(=O)=O)cc2)c(-c2ccc(F)cc2)nc1OCC1CCCC1. The summed E-state index contributed by atoms with van der Waals surface area (Å²) in [5.74, 6) is 0.311. The number of pyridine rings is 1. The van der Waals surface area contributed by atoms with Gasteiger partial charge in [0.15, 0.2) is 0 Å². The minimum atomic E-state index is -3.83. The van der Waals surface area contributed by atoms with Crippen LogP contribution in [0.2, 0.25) is 0 Å². The second-order valence-electron chi connectivity index (χ2n) is 7.89. The molecule has 1 aromatic heterocycles. The number of hydrogen-bond acceptors (Lipinski definition) is 5. The Bertz CT molecular complexity index is 1260. The van der Waals surface area contributed by atoms with Crippen molar-refractivity contribution in [3.05, 3.63) is 66.0 Å². The molecule has 1 aliphatic carbocycles. The van der Waals surface area contributed by atoms with Gasteiger partial charge >= 0.3 is 0 Å². The van der Waals surface area contributed by atoms with E-state index in [9.17, 15) is 18.1 Å². The Morgan fingerprint density at radius 1 is 1.06 bits per heavy atom. The molecule has 32 heavy (non-hydrogen) atoms. The fourth-order valence-corrected chi connectivity index (χ4v) is 4.45. The van der Waals surface area contributed by atoms with Gasteiger partial charge in [0.25, 0.3) is 0 Å².